The van der Waals surface area contributed by atoms with Gasteiger partial charge in [0, 0.05) is 4.47 Å². The molecule has 6 nitrogen and oxygen atoms in total. The van der Waals surface area contributed by atoms with Crippen LogP contribution in [0.2, 0.25) is 0 Å². The van der Waals surface area contributed by atoms with Gasteiger partial charge < -0.3 is 20.5 Å². The molecule has 0 saturated carbocycles. The minimum atomic E-state index is -0.749. The third kappa shape index (κ3) is 6.49. The Balaban J connectivity index is 2.78. The number of ether oxygens (including phenoxy) is 1. The van der Waals surface area contributed by atoms with Crippen LogP contribution < -0.4 is 10.6 Å². The molecule has 0 heterocycles. The van der Waals surface area contributed by atoms with Gasteiger partial charge in [-0.3, -0.25) is 4.79 Å². The van der Waals surface area contributed by atoms with Crippen LogP contribution in [0.1, 0.15) is 39.3 Å². The lowest BCUT2D eigenvalue weighted by Gasteiger charge is -2.25. The van der Waals surface area contributed by atoms with E-state index in [0.717, 1.165) is 10.0 Å². The maximum absolute atomic E-state index is 12.5. The molecule has 0 aliphatic heterocycles. The summed E-state index contributed by atoms with van der Waals surface area (Å²) in [4.78, 5) is 24.3. The van der Waals surface area contributed by atoms with Crippen molar-refractivity contribution in [1.29, 1.82) is 0 Å². The highest BCUT2D eigenvalue weighted by atomic mass is 79.9. The van der Waals surface area contributed by atoms with Crippen molar-refractivity contribution >= 4 is 27.9 Å². The standard InChI is InChI=1S/C17H25BrN2O4/c1-10(2)15(20-17(23)24-11(3)4)16(22)19-14(9-21)12-5-7-13(18)8-6-12/h5-8,10-11,14-15,21H,9H2,1-4H3,(H,19,22)(H,20,23). The summed E-state index contributed by atoms with van der Waals surface area (Å²) in [6.07, 6.45) is -0.906. The number of nitrogens with one attached hydrogen (secondary N) is 2. The Bertz CT molecular complexity index is 546. The highest BCUT2D eigenvalue weighted by Crippen LogP contribution is 2.17. The summed E-state index contributed by atoms with van der Waals surface area (Å²) >= 11 is 3.35. The predicted octanol–water partition coefficient (Wildman–Crippen LogP) is 2.76. The number of amides is 2. The van der Waals surface area contributed by atoms with Crippen LogP contribution in [-0.2, 0) is 9.53 Å². The number of carbonyl (C=O) groups excluding carboxylic acids is 2. The molecule has 1 rings (SSSR count). The number of hydrogen-bond donors (Lipinski definition) is 3. The first-order valence-electron chi connectivity index (χ1n) is 7.88. The molecule has 2 unspecified atom stereocenters. The normalized spacial score (nSPS) is 13.5. The lowest BCUT2D eigenvalue weighted by Crippen LogP contribution is -2.51. The van der Waals surface area contributed by atoms with Crippen LogP contribution >= 0.6 is 15.9 Å². The molecule has 1 aromatic rings. The average molecular weight is 401 g/mol. The van der Waals surface area contributed by atoms with Gasteiger partial charge in [-0.25, -0.2) is 4.79 Å². The number of carbonyl (C=O) groups is 2. The highest BCUT2D eigenvalue weighted by molar-refractivity contribution is 9.10. The maximum Gasteiger partial charge on any atom is 0.408 e. The van der Waals surface area contributed by atoms with E-state index in [1.165, 1.54) is 0 Å². The molecule has 0 aliphatic carbocycles. The van der Waals surface area contributed by atoms with E-state index < -0.39 is 18.2 Å². The molecule has 3 N–H and O–H groups in total. The van der Waals surface area contributed by atoms with E-state index in [9.17, 15) is 14.7 Å². The zero-order chi connectivity index (χ0) is 18.3. The third-order valence-electron chi connectivity index (χ3n) is 3.34. The molecule has 0 aromatic heterocycles. The van der Waals surface area contributed by atoms with Crippen LogP contribution in [0.5, 0.6) is 0 Å². The fraction of sp³-hybridized carbons (Fsp3) is 0.529. The van der Waals surface area contributed by atoms with Gasteiger partial charge >= 0.3 is 6.09 Å². The second-order valence-corrected chi connectivity index (χ2v) is 7.03. The number of benzene rings is 1. The molecule has 0 fully saturated rings. The zero-order valence-corrected chi connectivity index (χ0v) is 16.0. The molecule has 2 atom stereocenters. The van der Waals surface area contributed by atoms with Gasteiger partial charge in [0.15, 0.2) is 0 Å². The van der Waals surface area contributed by atoms with E-state index in [-0.39, 0.29) is 24.5 Å². The van der Waals surface area contributed by atoms with Crippen molar-refractivity contribution in [2.24, 2.45) is 5.92 Å². The molecular formula is C17H25BrN2O4. The molecule has 0 spiro atoms. The summed E-state index contributed by atoms with van der Waals surface area (Å²) in [5.74, 6) is -0.498. The van der Waals surface area contributed by atoms with Gasteiger partial charge in [-0.05, 0) is 37.5 Å². The summed E-state index contributed by atoms with van der Waals surface area (Å²) in [5.41, 5.74) is 0.779. The molecule has 0 aliphatic rings. The summed E-state index contributed by atoms with van der Waals surface area (Å²) in [5, 5.41) is 14.9. The summed E-state index contributed by atoms with van der Waals surface area (Å²) in [6.45, 7) is 6.88. The minimum absolute atomic E-state index is 0.131. The summed E-state index contributed by atoms with van der Waals surface area (Å²) in [6, 6.07) is 6.01. The van der Waals surface area contributed by atoms with Crippen LogP contribution in [0.3, 0.4) is 0 Å². The van der Waals surface area contributed by atoms with Crippen molar-refractivity contribution in [2.75, 3.05) is 6.61 Å². The lowest BCUT2D eigenvalue weighted by molar-refractivity contribution is -0.125. The van der Waals surface area contributed by atoms with E-state index in [1.807, 2.05) is 38.1 Å². The summed E-state index contributed by atoms with van der Waals surface area (Å²) < 4.78 is 5.94. The first kappa shape index (κ1) is 20.4. The van der Waals surface area contributed by atoms with Crippen LogP contribution in [0.25, 0.3) is 0 Å². The molecule has 0 radical (unpaired) electrons. The van der Waals surface area contributed by atoms with Crippen molar-refractivity contribution in [3.63, 3.8) is 0 Å². The highest BCUT2D eigenvalue weighted by Gasteiger charge is 2.27. The number of hydrogen-bond acceptors (Lipinski definition) is 4. The smallest absolute Gasteiger partial charge is 0.408 e. The second kappa shape index (κ2) is 9.64. The predicted molar refractivity (Wildman–Crippen MR) is 95.5 cm³/mol. The van der Waals surface area contributed by atoms with Crippen LogP contribution in [0.4, 0.5) is 4.79 Å². The van der Waals surface area contributed by atoms with Gasteiger partial charge in [-0.15, -0.1) is 0 Å². The van der Waals surface area contributed by atoms with Crippen LogP contribution in [-0.4, -0.2) is 35.9 Å². The van der Waals surface area contributed by atoms with E-state index in [4.69, 9.17) is 4.74 Å². The Hall–Kier alpha value is -1.60. The monoisotopic (exact) mass is 400 g/mol. The lowest BCUT2D eigenvalue weighted by atomic mass is 10.0. The van der Waals surface area contributed by atoms with Crippen molar-refractivity contribution in [3.05, 3.63) is 34.3 Å². The molecule has 24 heavy (non-hydrogen) atoms. The Morgan fingerprint density at radius 2 is 1.71 bits per heavy atom. The van der Waals surface area contributed by atoms with Crippen molar-refractivity contribution in [3.8, 4) is 0 Å². The van der Waals surface area contributed by atoms with Gasteiger partial charge in [-0.1, -0.05) is 41.9 Å². The van der Waals surface area contributed by atoms with Crippen LogP contribution in [0.15, 0.2) is 28.7 Å². The van der Waals surface area contributed by atoms with Gasteiger partial charge in [0.25, 0.3) is 0 Å². The van der Waals surface area contributed by atoms with Gasteiger partial charge in [0.1, 0.15) is 6.04 Å². The van der Waals surface area contributed by atoms with Gasteiger partial charge in [0.05, 0.1) is 18.8 Å². The molecule has 1 aromatic carbocycles. The van der Waals surface area contributed by atoms with Gasteiger partial charge in [0.2, 0.25) is 5.91 Å². The molecule has 2 amide bonds. The second-order valence-electron chi connectivity index (χ2n) is 6.12. The summed E-state index contributed by atoms with van der Waals surface area (Å²) in [7, 11) is 0. The van der Waals surface area contributed by atoms with Crippen molar-refractivity contribution in [2.45, 2.75) is 45.9 Å². The first-order chi connectivity index (χ1) is 11.2. The first-order valence-corrected chi connectivity index (χ1v) is 8.67. The molecular weight excluding hydrogens is 376 g/mol. The molecule has 0 bridgehead atoms. The SMILES string of the molecule is CC(C)OC(=O)NC(C(=O)NC(CO)c1ccc(Br)cc1)C(C)C. The number of alkyl carbamates (subject to hydrolysis) is 1. The van der Waals surface area contributed by atoms with E-state index in [2.05, 4.69) is 26.6 Å². The van der Waals surface area contributed by atoms with Gasteiger partial charge in [-0.2, -0.15) is 0 Å². The zero-order valence-electron chi connectivity index (χ0n) is 14.4. The topological polar surface area (TPSA) is 87.7 Å². The fourth-order valence-electron chi connectivity index (χ4n) is 2.10. The maximum atomic E-state index is 12.5. The minimum Gasteiger partial charge on any atom is -0.447 e. The number of halogens is 1. The molecule has 7 heteroatoms. The van der Waals surface area contributed by atoms with E-state index in [1.54, 1.807) is 13.8 Å². The average Bonchev–Trinajstić information content (AvgIpc) is 2.50. The van der Waals surface area contributed by atoms with E-state index in [0.29, 0.717) is 0 Å². The number of aliphatic hydroxyl groups excluding tert-OH is 1. The van der Waals surface area contributed by atoms with Crippen molar-refractivity contribution < 1.29 is 19.4 Å². The van der Waals surface area contributed by atoms with E-state index >= 15 is 0 Å². The molecule has 0 saturated heterocycles. The Kier molecular flexibility index (Phi) is 8.21. The van der Waals surface area contributed by atoms with Crippen LogP contribution in [0, 0.1) is 5.92 Å². The molecule has 134 valence electrons. The third-order valence-corrected chi connectivity index (χ3v) is 3.87. The Morgan fingerprint density at radius 1 is 1.12 bits per heavy atom. The van der Waals surface area contributed by atoms with Crippen molar-refractivity contribution in [1.82, 2.24) is 10.6 Å². The Labute approximate surface area is 151 Å². The fourth-order valence-corrected chi connectivity index (χ4v) is 2.37. The quantitative estimate of drug-likeness (QED) is 0.656. The number of rotatable bonds is 7. The Morgan fingerprint density at radius 3 is 2.17 bits per heavy atom. The largest absolute Gasteiger partial charge is 0.447 e. The number of aliphatic hydroxyl groups is 1.